The lowest BCUT2D eigenvalue weighted by molar-refractivity contribution is 0.0953. The number of amides is 1. The smallest absolute Gasteiger partial charge is 0.251 e. The molecule has 18 heavy (non-hydrogen) atoms. The summed E-state index contributed by atoms with van der Waals surface area (Å²) in [6, 6.07) is 5.45. The number of oxime groups is 1. The third kappa shape index (κ3) is 4.37. The number of carbonyl (C=O) groups is 1. The van der Waals surface area contributed by atoms with Gasteiger partial charge in [0.1, 0.15) is 5.84 Å². The Bertz CT molecular complexity index is 461. The van der Waals surface area contributed by atoms with Gasteiger partial charge in [0.15, 0.2) is 0 Å². The number of nitrogens with one attached hydrogen (secondary N) is 1. The van der Waals surface area contributed by atoms with Crippen molar-refractivity contribution in [2.75, 3.05) is 6.54 Å². The average molecular weight is 314 g/mol. The van der Waals surface area contributed by atoms with Gasteiger partial charge in [-0.3, -0.25) is 4.79 Å². The highest BCUT2D eigenvalue weighted by atomic mass is 79.9. The number of amidine groups is 1. The van der Waals surface area contributed by atoms with Crippen molar-refractivity contribution in [2.24, 2.45) is 10.9 Å². The number of benzene rings is 1. The van der Waals surface area contributed by atoms with Crippen LogP contribution in [0.5, 0.6) is 0 Å². The summed E-state index contributed by atoms with van der Waals surface area (Å²) in [6.07, 6.45) is 1.09. The Balaban J connectivity index is 2.43. The predicted octanol–water partition coefficient (Wildman–Crippen LogP) is 2.01. The molecular weight excluding hydrogens is 298 g/mol. The average Bonchev–Trinajstić information content (AvgIpc) is 2.37. The van der Waals surface area contributed by atoms with Crippen LogP contribution in [-0.2, 0) is 0 Å². The van der Waals surface area contributed by atoms with Crippen molar-refractivity contribution in [3.8, 4) is 0 Å². The van der Waals surface area contributed by atoms with E-state index in [1.807, 2.05) is 13.0 Å². The summed E-state index contributed by atoms with van der Waals surface area (Å²) in [7, 11) is 0. The van der Waals surface area contributed by atoms with E-state index < -0.39 is 0 Å². The van der Waals surface area contributed by atoms with Gasteiger partial charge >= 0.3 is 0 Å². The summed E-state index contributed by atoms with van der Waals surface area (Å²) in [5.74, 6) is 0.0394. The molecule has 0 atom stereocenters. The van der Waals surface area contributed by atoms with E-state index in [-0.39, 0.29) is 11.7 Å². The maximum atomic E-state index is 11.8. The quantitative estimate of drug-likeness (QED) is 0.255. The van der Waals surface area contributed by atoms with Gasteiger partial charge < -0.3 is 16.3 Å². The number of halogens is 1. The third-order valence-corrected chi connectivity index (χ3v) is 3.31. The molecule has 0 saturated carbocycles. The van der Waals surface area contributed by atoms with Crippen molar-refractivity contribution >= 4 is 27.7 Å². The molecule has 0 aromatic heterocycles. The number of hydrogen-bond acceptors (Lipinski definition) is 3. The van der Waals surface area contributed by atoms with Gasteiger partial charge in [-0.1, -0.05) is 27.2 Å². The number of hydrogen-bond donors (Lipinski definition) is 3. The first-order valence-corrected chi connectivity index (χ1v) is 6.34. The van der Waals surface area contributed by atoms with Crippen molar-refractivity contribution in [2.45, 2.75) is 19.8 Å². The standard InChI is InChI=1S/C12H16BrN3O2/c1-8-4-5-9(7-10(8)13)12(17)15-6-2-3-11(14)16-18/h4-5,7,18H,2-3,6H2,1H3,(H2,14,16)(H,15,17). The SMILES string of the molecule is Cc1ccc(C(=O)NCCC/C(N)=N/O)cc1Br. The molecule has 0 spiro atoms. The molecule has 0 radical (unpaired) electrons. The molecule has 1 rings (SSSR count). The van der Waals surface area contributed by atoms with E-state index in [1.54, 1.807) is 12.1 Å². The number of nitrogens with two attached hydrogens (primary N) is 1. The Morgan fingerprint density at radius 3 is 2.89 bits per heavy atom. The molecule has 98 valence electrons. The third-order valence-electron chi connectivity index (χ3n) is 2.46. The molecule has 5 nitrogen and oxygen atoms in total. The lowest BCUT2D eigenvalue weighted by atomic mass is 10.1. The fraction of sp³-hybridized carbons (Fsp3) is 0.333. The van der Waals surface area contributed by atoms with Gasteiger partial charge in [-0.05, 0) is 31.0 Å². The minimum atomic E-state index is -0.129. The highest BCUT2D eigenvalue weighted by Gasteiger charge is 2.06. The van der Waals surface area contributed by atoms with Crippen LogP contribution in [0.4, 0.5) is 0 Å². The molecular formula is C12H16BrN3O2. The molecule has 0 heterocycles. The lowest BCUT2D eigenvalue weighted by Gasteiger charge is -2.06. The summed E-state index contributed by atoms with van der Waals surface area (Å²) < 4.78 is 0.909. The zero-order valence-electron chi connectivity index (χ0n) is 10.1. The Kier molecular flexibility index (Phi) is 5.64. The lowest BCUT2D eigenvalue weighted by Crippen LogP contribution is -2.25. The highest BCUT2D eigenvalue weighted by molar-refractivity contribution is 9.10. The molecule has 1 amide bonds. The molecule has 0 bridgehead atoms. The van der Waals surface area contributed by atoms with E-state index in [0.717, 1.165) is 10.0 Å². The second-order valence-electron chi connectivity index (χ2n) is 3.91. The molecule has 1 aromatic carbocycles. The van der Waals surface area contributed by atoms with Crippen LogP contribution in [0, 0.1) is 6.92 Å². The fourth-order valence-electron chi connectivity index (χ4n) is 1.36. The summed E-state index contributed by atoms with van der Waals surface area (Å²) in [5.41, 5.74) is 7.01. The first kappa shape index (κ1) is 14.5. The van der Waals surface area contributed by atoms with Crippen LogP contribution in [0.2, 0.25) is 0 Å². The van der Waals surface area contributed by atoms with Crippen LogP contribution < -0.4 is 11.1 Å². The molecule has 0 aliphatic carbocycles. The molecule has 4 N–H and O–H groups in total. The van der Waals surface area contributed by atoms with E-state index >= 15 is 0 Å². The van der Waals surface area contributed by atoms with Crippen molar-refractivity contribution < 1.29 is 10.0 Å². The molecule has 0 aliphatic rings. The Hall–Kier alpha value is -1.56. The Labute approximate surface area is 114 Å². The normalized spacial score (nSPS) is 11.3. The minimum Gasteiger partial charge on any atom is -0.409 e. The molecule has 6 heteroatoms. The van der Waals surface area contributed by atoms with Gasteiger partial charge in [-0.15, -0.1) is 0 Å². The minimum absolute atomic E-state index is 0.129. The van der Waals surface area contributed by atoms with Gasteiger partial charge in [0.2, 0.25) is 0 Å². The van der Waals surface area contributed by atoms with Crippen LogP contribution in [-0.4, -0.2) is 23.5 Å². The van der Waals surface area contributed by atoms with Crippen LogP contribution >= 0.6 is 15.9 Å². The topological polar surface area (TPSA) is 87.7 Å². The van der Waals surface area contributed by atoms with Gasteiger partial charge in [-0.25, -0.2) is 0 Å². The van der Waals surface area contributed by atoms with Crippen LogP contribution in [0.15, 0.2) is 27.8 Å². The van der Waals surface area contributed by atoms with E-state index in [0.29, 0.717) is 24.9 Å². The molecule has 1 aromatic rings. The molecule has 0 unspecified atom stereocenters. The van der Waals surface area contributed by atoms with Gasteiger partial charge in [0.25, 0.3) is 5.91 Å². The van der Waals surface area contributed by atoms with Crippen LogP contribution in [0.1, 0.15) is 28.8 Å². The summed E-state index contributed by atoms with van der Waals surface area (Å²) in [4.78, 5) is 11.8. The number of carbonyl (C=O) groups excluding carboxylic acids is 1. The van der Waals surface area contributed by atoms with Crippen LogP contribution in [0.3, 0.4) is 0 Å². The highest BCUT2D eigenvalue weighted by Crippen LogP contribution is 2.17. The van der Waals surface area contributed by atoms with Gasteiger partial charge in [0, 0.05) is 23.0 Å². The maximum absolute atomic E-state index is 11.8. The van der Waals surface area contributed by atoms with E-state index in [9.17, 15) is 4.79 Å². The van der Waals surface area contributed by atoms with Gasteiger partial charge in [0.05, 0.1) is 0 Å². The number of rotatable bonds is 5. The van der Waals surface area contributed by atoms with E-state index in [4.69, 9.17) is 10.9 Å². The molecule has 0 fully saturated rings. The van der Waals surface area contributed by atoms with Gasteiger partial charge in [-0.2, -0.15) is 0 Å². The van der Waals surface area contributed by atoms with Crippen molar-refractivity contribution in [3.05, 3.63) is 33.8 Å². The largest absolute Gasteiger partial charge is 0.409 e. The Morgan fingerprint density at radius 1 is 1.56 bits per heavy atom. The first-order valence-electron chi connectivity index (χ1n) is 5.55. The van der Waals surface area contributed by atoms with E-state index in [1.165, 1.54) is 0 Å². The maximum Gasteiger partial charge on any atom is 0.251 e. The predicted molar refractivity (Wildman–Crippen MR) is 73.9 cm³/mol. The summed E-state index contributed by atoms with van der Waals surface area (Å²) in [6.45, 7) is 2.45. The second-order valence-corrected chi connectivity index (χ2v) is 4.77. The monoisotopic (exact) mass is 313 g/mol. The molecule has 0 saturated heterocycles. The van der Waals surface area contributed by atoms with E-state index in [2.05, 4.69) is 26.4 Å². The van der Waals surface area contributed by atoms with Crippen molar-refractivity contribution in [3.63, 3.8) is 0 Å². The molecule has 0 aliphatic heterocycles. The zero-order chi connectivity index (χ0) is 13.5. The van der Waals surface area contributed by atoms with Crippen LogP contribution in [0.25, 0.3) is 0 Å². The summed E-state index contributed by atoms with van der Waals surface area (Å²) >= 11 is 3.38. The van der Waals surface area contributed by atoms with Crippen molar-refractivity contribution in [1.29, 1.82) is 0 Å². The second kappa shape index (κ2) is 7.00. The fourth-order valence-corrected chi connectivity index (χ4v) is 1.74. The summed E-state index contributed by atoms with van der Waals surface area (Å²) in [5, 5.41) is 14.0. The Morgan fingerprint density at radius 2 is 2.28 bits per heavy atom. The number of nitrogens with zero attached hydrogens (tertiary/aromatic N) is 1. The number of aryl methyl sites for hydroxylation is 1. The first-order chi connectivity index (χ1) is 8.54. The van der Waals surface area contributed by atoms with Crippen molar-refractivity contribution in [1.82, 2.24) is 5.32 Å². The zero-order valence-corrected chi connectivity index (χ0v) is 11.7.